The number of nitrogens with one attached hydrogen (secondary N) is 1. The summed E-state index contributed by atoms with van der Waals surface area (Å²) in [7, 11) is 0. The average Bonchev–Trinajstić information content (AvgIpc) is 2.94. The molecule has 1 aromatic heterocycles. The van der Waals surface area contributed by atoms with Crippen molar-refractivity contribution in [3.8, 4) is 11.1 Å². The molecule has 10 heteroatoms. The van der Waals surface area contributed by atoms with E-state index in [0.717, 1.165) is 5.56 Å². The third kappa shape index (κ3) is 8.86. The molecular formula is C35H43F2N3O5. The van der Waals surface area contributed by atoms with E-state index in [-0.39, 0.29) is 42.4 Å². The zero-order chi connectivity index (χ0) is 33.4. The van der Waals surface area contributed by atoms with Gasteiger partial charge in [0.15, 0.2) is 0 Å². The molecule has 0 saturated carbocycles. The molecule has 3 aromatic rings. The van der Waals surface area contributed by atoms with Crippen LogP contribution in [0.5, 0.6) is 0 Å². The first kappa shape index (κ1) is 35.1. The molecule has 0 spiro atoms. The van der Waals surface area contributed by atoms with Crippen molar-refractivity contribution in [3.05, 3.63) is 92.4 Å². The average molecular weight is 624 g/mol. The number of amides is 1. The lowest BCUT2D eigenvalue weighted by Gasteiger charge is -2.26. The minimum absolute atomic E-state index is 0.00113. The topological polar surface area (TPSA) is 99.5 Å². The highest BCUT2D eigenvalue weighted by Gasteiger charge is 2.30. The number of nitrogens with zero attached hydrogens (tertiary/aromatic N) is 2. The fourth-order valence-electron chi connectivity index (χ4n) is 5.43. The minimum atomic E-state index is -1.12. The largest absolute Gasteiger partial charge is 0.501 e. The van der Waals surface area contributed by atoms with Gasteiger partial charge in [-0.3, -0.25) is 19.0 Å². The molecule has 0 bridgehead atoms. The van der Waals surface area contributed by atoms with Gasteiger partial charge >= 0.3 is 5.97 Å². The number of ether oxygens (including phenoxy) is 2. The monoisotopic (exact) mass is 623 g/mol. The van der Waals surface area contributed by atoms with Gasteiger partial charge in [0.1, 0.15) is 23.4 Å². The zero-order valence-corrected chi connectivity index (χ0v) is 27.3. The maximum atomic E-state index is 15.9. The van der Waals surface area contributed by atoms with Crippen molar-refractivity contribution in [1.29, 1.82) is 0 Å². The summed E-state index contributed by atoms with van der Waals surface area (Å²) in [5.74, 6) is -2.16. The van der Waals surface area contributed by atoms with Gasteiger partial charge in [-0.05, 0) is 112 Å². The van der Waals surface area contributed by atoms with E-state index in [9.17, 15) is 18.8 Å². The molecule has 3 rings (SSSR count). The van der Waals surface area contributed by atoms with E-state index < -0.39 is 35.3 Å². The summed E-state index contributed by atoms with van der Waals surface area (Å²) in [6.07, 6.45) is 4.49. The van der Waals surface area contributed by atoms with Gasteiger partial charge in [-0.1, -0.05) is 13.8 Å². The summed E-state index contributed by atoms with van der Waals surface area (Å²) in [5.41, 5.74) is 3.21. The van der Waals surface area contributed by atoms with Crippen LogP contribution in [0.1, 0.15) is 86.3 Å². The van der Waals surface area contributed by atoms with E-state index in [1.807, 2.05) is 20.8 Å². The molecule has 8 nitrogen and oxygen atoms in total. The fraction of sp³-hybridized carbons (Fsp3) is 0.429. The molecule has 0 fully saturated rings. The van der Waals surface area contributed by atoms with Crippen LogP contribution >= 0.6 is 0 Å². The summed E-state index contributed by atoms with van der Waals surface area (Å²) in [6, 6.07) is 3.94. The molecule has 1 N–H and O–H groups in total. The normalized spacial score (nSPS) is 12.8. The van der Waals surface area contributed by atoms with Crippen LogP contribution in [0, 0.1) is 45.2 Å². The first-order valence-electron chi connectivity index (χ1n) is 15.2. The Morgan fingerprint density at radius 3 is 2.27 bits per heavy atom. The smallest absolute Gasteiger partial charge is 0.308 e. The zero-order valence-electron chi connectivity index (χ0n) is 27.3. The van der Waals surface area contributed by atoms with Crippen LogP contribution in [0.4, 0.5) is 8.78 Å². The lowest BCUT2D eigenvalue weighted by Crippen LogP contribution is -2.41. The van der Waals surface area contributed by atoms with Gasteiger partial charge in [0.2, 0.25) is 5.91 Å². The van der Waals surface area contributed by atoms with Gasteiger partial charge in [-0.25, -0.2) is 13.8 Å². The van der Waals surface area contributed by atoms with Crippen LogP contribution in [0.25, 0.3) is 17.2 Å². The number of aryl methyl sites for hydroxylation is 4. The molecular weight excluding hydrogens is 580 g/mol. The highest BCUT2D eigenvalue weighted by atomic mass is 19.1. The summed E-state index contributed by atoms with van der Waals surface area (Å²) in [4.78, 5) is 44.5. The quantitative estimate of drug-likeness (QED) is 0.166. The maximum absolute atomic E-state index is 15.9. The molecule has 0 radical (unpaired) electrons. The second-order valence-electron chi connectivity index (χ2n) is 11.5. The SMILES string of the molecule is CCO/C=C/c1cn([C@@H](CC(C)C)C(=O)N[C@@H](CC(=O)OCC)c2cc(-c3c(C)cc(F)cc3C)cc(C)c2F)c(=O)c(C)n1. The summed E-state index contributed by atoms with van der Waals surface area (Å²) in [6.45, 7) is 14.6. The van der Waals surface area contributed by atoms with Crippen molar-refractivity contribution in [1.82, 2.24) is 14.9 Å². The van der Waals surface area contributed by atoms with E-state index in [0.29, 0.717) is 34.6 Å². The second kappa shape index (κ2) is 15.6. The van der Waals surface area contributed by atoms with Gasteiger partial charge in [0.05, 0.1) is 37.6 Å². The predicted molar refractivity (Wildman–Crippen MR) is 171 cm³/mol. The Balaban J connectivity index is 2.15. The Bertz CT molecular complexity index is 1610. The number of esters is 1. The van der Waals surface area contributed by atoms with Gasteiger partial charge in [0, 0.05) is 11.8 Å². The van der Waals surface area contributed by atoms with Crippen molar-refractivity contribution in [3.63, 3.8) is 0 Å². The highest BCUT2D eigenvalue weighted by molar-refractivity contribution is 5.82. The second-order valence-corrected chi connectivity index (χ2v) is 11.5. The van der Waals surface area contributed by atoms with Crippen molar-refractivity contribution in [2.75, 3.05) is 13.2 Å². The number of carbonyl (C=O) groups is 2. The first-order chi connectivity index (χ1) is 21.3. The van der Waals surface area contributed by atoms with E-state index in [2.05, 4.69) is 10.3 Å². The van der Waals surface area contributed by atoms with Crippen molar-refractivity contribution < 1.29 is 27.8 Å². The number of hydrogen-bond acceptors (Lipinski definition) is 6. The number of halogens is 2. The Labute approximate surface area is 263 Å². The predicted octanol–water partition coefficient (Wildman–Crippen LogP) is 6.83. The molecule has 2 aromatic carbocycles. The molecule has 0 unspecified atom stereocenters. The minimum Gasteiger partial charge on any atom is -0.501 e. The molecule has 0 aliphatic rings. The lowest BCUT2D eigenvalue weighted by atomic mass is 9.90. The van der Waals surface area contributed by atoms with Gasteiger partial charge in [-0.15, -0.1) is 0 Å². The number of carbonyl (C=O) groups excluding carboxylic acids is 2. The maximum Gasteiger partial charge on any atom is 0.308 e. The van der Waals surface area contributed by atoms with Crippen LogP contribution in [0.2, 0.25) is 0 Å². The first-order valence-corrected chi connectivity index (χ1v) is 15.2. The van der Waals surface area contributed by atoms with Crippen molar-refractivity contribution >= 4 is 18.0 Å². The molecule has 0 saturated heterocycles. The molecule has 0 aliphatic carbocycles. The van der Waals surface area contributed by atoms with Crippen LogP contribution in [0.15, 0.2) is 41.5 Å². The van der Waals surface area contributed by atoms with Gasteiger partial charge in [-0.2, -0.15) is 0 Å². The number of hydrogen-bond donors (Lipinski definition) is 1. The Morgan fingerprint density at radius 2 is 1.67 bits per heavy atom. The third-order valence-electron chi connectivity index (χ3n) is 7.38. The van der Waals surface area contributed by atoms with Gasteiger partial charge in [0.25, 0.3) is 5.56 Å². The summed E-state index contributed by atoms with van der Waals surface area (Å²) >= 11 is 0. The van der Waals surface area contributed by atoms with Crippen LogP contribution in [0.3, 0.4) is 0 Å². The Morgan fingerprint density at radius 1 is 1.00 bits per heavy atom. The Hall–Kier alpha value is -4.34. The molecule has 2 atom stereocenters. The van der Waals surface area contributed by atoms with E-state index in [1.54, 1.807) is 52.8 Å². The van der Waals surface area contributed by atoms with E-state index >= 15 is 4.39 Å². The van der Waals surface area contributed by atoms with Crippen molar-refractivity contribution in [2.45, 2.75) is 80.3 Å². The molecule has 0 aliphatic heterocycles. The van der Waals surface area contributed by atoms with Gasteiger partial charge < -0.3 is 14.8 Å². The highest BCUT2D eigenvalue weighted by Crippen LogP contribution is 2.34. The molecule has 45 heavy (non-hydrogen) atoms. The van der Waals surface area contributed by atoms with E-state index in [4.69, 9.17) is 9.47 Å². The van der Waals surface area contributed by atoms with Crippen LogP contribution in [-0.2, 0) is 19.1 Å². The third-order valence-corrected chi connectivity index (χ3v) is 7.38. The Kier molecular flexibility index (Phi) is 12.2. The van der Waals surface area contributed by atoms with Crippen LogP contribution < -0.4 is 10.9 Å². The summed E-state index contributed by atoms with van der Waals surface area (Å²) in [5, 5.41) is 2.87. The molecule has 1 amide bonds. The number of benzene rings is 2. The van der Waals surface area contributed by atoms with Crippen molar-refractivity contribution in [2.24, 2.45) is 5.92 Å². The molecule has 1 heterocycles. The summed E-state index contributed by atoms with van der Waals surface area (Å²) < 4.78 is 41.8. The standard InChI is InChI=1S/C35H43F2N3O5/c1-9-44-12-11-27-19-40(35(43)24(8)38-27)30(13-20(3)4)34(42)39-29(18-31(41)45-10-2)28-17-25(14-23(7)33(28)37)32-21(5)15-26(36)16-22(32)6/h11-12,14-17,19-20,29-30H,9-10,13,18H2,1-8H3,(H,39,42)/b12-11+/t29-,30-/m0/s1. The van der Waals surface area contributed by atoms with E-state index in [1.165, 1.54) is 29.2 Å². The number of rotatable bonds is 13. The lowest BCUT2D eigenvalue weighted by molar-refractivity contribution is -0.144. The number of aromatic nitrogens is 2. The fourth-order valence-corrected chi connectivity index (χ4v) is 5.43. The van der Waals surface area contributed by atoms with Crippen LogP contribution in [-0.4, -0.2) is 34.6 Å². The molecule has 242 valence electrons.